The molecule has 0 aromatic heterocycles. The first-order chi connectivity index (χ1) is 44.5. The van der Waals surface area contributed by atoms with E-state index in [1.54, 1.807) is 6.07 Å². The van der Waals surface area contributed by atoms with Crippen LogP contribution < -0.4 is 38.1 Å². The average molecular weight is 1370 g/mol. The van der Waals surface area contributed by atoms with Crippen LogP contribution in [-0.4, -0.2) is 138 Å². The number of aliphatic hydroxyl groups is 2. The largest absolute Gasteiger partial charge is 0.397 e. The molecule has 548 valence electrons. The van der Waals surface area contributed by atoms with Crippen molar-refractivity contribution in [2.24, 2.45) is 116 Å². The summed E-state index contributed by atoms with van der Waals surface area (Å²) in [5, 5.41) is 49.5. The number of nitriles is 1. The molecule has 94 heavy (non-hydrogen) atoms. The molecule has 20 heteroatoms. The van der Waals surface area contributed by atoms with Crippen LogP contribution in [0.5, 0.6) is 0 Å². The highest BCUT2D eigenvalue weighted by atomic mass is 32.3. The Kier molecular flexibility index (Phi) is 33.0. The van der Waals surface area contributed by atoms with Gasteiger partial charge >= 0.3 is 20.8 Å². The molecule has 8 rings (SSSR count). The van der Waals surface area contributed by atoms with Crippen molar-refractivity contribution in [3.05, 3.63) is 12.7 Å². The van der Waals surface area contributed by atoms with E-state index in [-0.39, 0.29) is 34.9 Å². The lowest BCUT2D eigenvalue weighted by molar-refractivity contribution is -0.167. The first-order valence-corrected chi connectivity index (χ1v) is 40.9. The Labute approximate surface area is 573 Å². The van der Waals surface area contributed by atoms with Crippen LogP contribution in [0.25, 0.3) is 0 Å². The van der Waals surface area contributed by atoms with Gasteiger partial charge in [0.25, 0.3) is 0 Å². The maximum Gasteiger partial charge on any atom is 0.397 e. The molecule has 8 aliphatic rings. The van der Waals surface area contributed by atoms with Crippen LogP contribution in [0.4, 0.5) is 0 Å². The van der Waals surface area contributed by atoms with Gasteiger partial charge < -0.3 is 48.3 Å². The molecule has 0 aromatic carbocycles. The van der Waals surface area contributed by atoms with E-state index < -0.39 is 33.0 Å². The predicted octanol–water partition coefficient (Wildman–Crippen LogP) is 11.8. The number of aliphatic hydroxyl groups excluding tert-OH is 2. The summed E-state index contributed by atoms with van der Waals surface area (Å²) in [6.07, 6.45) is 29.9. The van der Waals surface area contributed by atoms with Crippen molar-refractivity contribution in [3.63, 3.8) is 0 Å². The molecule has 0 aliphatic heterocycles. The van der Waals surface area contributed by atoms with Crippen molar-refractivity contribution in [1.29, 1.82) is 5.26 Å². The van der Waals surface area contributed by atoms with Crippen LogP contribution in [0.3, 0.4) is 0 Å². The molecular weight excluding hydrogens is 1220 g/mol. The Hall–Kier alpha value is -1.39. The standard InChI is InChI=1S/C37H72N4O5S.C34H65N3O5S.C3H3N/c1-26(2)34(46-47(43,44)45)13-10-27(3)30-11-12-31-35-32(15-17-37(30,31)5)36(4)16-14-29(24-28(36)25-33(35)42)41-23-9-22-40-20-7-6-19-39-21-8-18-38;1-23(2)31(42-43(39,40)41)12-9-24(3)27-10-11-28-32-29(14-16-34(27,28)5)33(4)15-13-26(21-25(33)22-30(32)38)37-20-8-19-36-18-7-6-17-35;1-2-3-4/h26-35,39-42H,6-25,38H2,1-5H3,(H,43,44,45);23-32,36-38H,6-22,35H2,1-5H3,(H,39,40,41);2H,1H2/t27?,28-,29+,30-,31?,32?,33-,34-,35?,36+,37-;24?,25-,26+,27-,28?,29?,30-,31-,32?,33+,34-;/m11./s1. The minimum Gasteiger partial charge on any atom is -0.393 e. The molecule has 22 atom stereocenters. The third-order valence-corrected chi connectivity index (χ3v) is 28.0. The van der Waals surface area contributed by atoms with Gasteiger partial charge in [-0.25, -0.2) is 8.37 Å². The molecule has 18 nitrogen and oxygen atoms in total. The zero-order valence-corrected chi connectivity index (χ0v) is 62.3. The van der Waals surface area contributed by atoms with Gasteiger partial charge in [-0.05, 0) is 343 Å². The second kappa shape index (κ2) is 38.0. The maximum atomic E-state index is 11.8. The summed E-state index contributed by atoms with van der Waals surface area (Å²) in [4.78, 5) is 0. The number of hydrogen-bond acceptors (Lipinski definition) is 16. The lowest BCUT2D eigenvalue weighted by Crippen LogP contribution is -2.59. The fraction of sp³-hybridized carbons (Fsp3) is 0.959. The van der Waals surface area contributed by atoms with E-state index in [1.165, 1.54) is 109 Å². The highest BCUT2D eigenvalue weighted by Crippen LogP contribution is 2.70. The fourth-order valence-electron chi connectivity index (χ4n) is 21.9. The Morgan fingerprint density at radius 3 is 1.19 bits per heavy atom. The minimum absolute atomic E-state index is 0.0137. The van der Waals surface area contributed by atoms with Crippen molar-refractivity contribution in [2.75, 3.05) is 65.4 Å². The molecule has 8 fully saturated rings. The van der Waals surface area contributed by atoms with Crippen LogP contribution in [0.2, 0.25) is 0 Å². The third-order valence-electron chi connectivity index (χ3n) is 27.0. The molecule has 0 amide bonds. The maximum absolute atomic E-state index is 11.8. The van der Waals surface area contributed by atoms with Crippen molar-refractivity contribution in [3.8, 4) is 6.07 Å². The molecule has 0 aromatic rings. The van der Waals surface area contributed by atoms with Crippen LogP contribution in [0, 0.1) is 116 Å². The Morgan fingerprint density at radius 2 is 0.840 bits per heavy atom. The molecular formula is C74H140N8O10S2. The molecule has 0 saturated heterocycles. The lowest BCUT2D eigenvalue weighted by atomic mass is 9.43. The molecule has 0 radical (unpaired) electrons. The number of fused-ring (bicyclic) bond motifs is 10. The SMILES string of the molecule is C=CC#N.CC(CC[C@@H](OS(=O)(=O)O)C(C)C)[C@H]1CCC2C3C(CC[C@@]21C)[C@@]1(C)CC[C@H](NCCCNCCCCN)C[C@@H]1C[C@H]3O.CC(CC[C@@H](OS(=O)(=O)O)C(C)C)[C@H]1CCC2C3C(CC[C@@]21C)[C@@]1(C)CC[C@H](NCCCNCCCCNCCCN)C[C@@H]1C[C@H]3O. The first-order valence-electron chi connectivity index (χ1n) is 38.2. The smallest absolute Gasteiger partial charge is 0.393 e. The normalized spacial score (nSPS) is 36.6. The quantitative estimate of drug-likeness (QED) is 0.0158. The van der Waals surface area contributed by atoms with E-state index in [9.17, 15) is 36.2 Å². The predicted molar refractivity (Wildman–Crippen MR) is 381 cm³/mol. The first kappa shape index (κ1) is 81.6. The highest BCUT2D eigenvalue weighted by molar-refractivity contribution is 7.81. The number of nitrogens with one attached hydrogen (secondary N) is 5. The third kappa shape index (κ3) is 22.1. The average Bonchev–Trinajstić information content (AvgIpc) is 1.35. The van der Waals surface area contributed by atoms with Crippen LogP contribution >= 0.6 is 0 Å². The summed E-state index contributed by atoms with van der Waals surface area (Å²) >= 11 is 0. The van der Waals surface area contributed by atoms with E-state index in [2.05, 4.69) is 74.7 Å². The van der Waals surface area contributed by atoms with Gasteiger partial charge in [0.15, 0.2) is 0 Å². The highest BCUT2D eigenvalue weighted by Gasteiger charge is 2.65. The number of nitrogens with zero attached hydrogens (tertiary/aromatic N) is 1. The number of rotatable bonds is 36. The Bertz CT molecular complexity index is 2500. The summed E-state index contributed by atoms with van der Waals surface area (Å²) in [7, 11) is -8.91. The van der Waals surface area contributed by atoms with Gasteiger partial charge in [-0.2, -0.15) is 22.1 Å². The topological polar surface area (TPSA) is 304 Å². The minimum atomic E-state index is -4.46. The molecule has 0 bridgehead atoms. The van der Waals surface area contributed by atoms with Crippen LogP contribution in [0.15, 0.2) is 12.7 Å². The van der Waals surface area contributed by atoms with Gasteiger partial charge in [0.05, 0.1) is 30.5 Å². The number of unbranched alkanes of at least 4 members (excludes halogenated alkanes) is 2. The molecule has 8 saturated carbocycles. The second-order valence-electron chi connectivity index (χ2n) is 33.3. The molecule has 8 unspecified atom stereocenters. The molecule has 0 spiro atoms. The number of nitrogens with two attached hydrogens (primary N) is 2. The van der Waals surface area contributed by atoms with Crippen LogP contribution in [-0.2, 0) is 29.2 Å². The van der Waals surface area contributed by atoms with Gasteiger partial charge in [0.1, 0.15) is 0 Å². The molecule has 0 heterocycles. The van der Waals surface area contributed by atoms with E-state index in [4.69, 9.17) is 25.1 Å². The Morgan fingerprint density at radius 1 is 0.500 bits per heavy atom. The number of allylic oxidation sites excluding steroid dienone is 1. The summed E-state index contributed by atoms with van der Waals surface area (Å²) in [5.41, 5.74) is 12.2. The Balaban J connectivity index is 0.000000283. The van der Waals surface area contributed by atoms with Gasteiger partial charge in [-0.1, -0.05) is 75.8 Å². The van der Waals surface area contributed by atoms with Gasteiger partial charge in [-0.15, -0.1) is 0 Å². The van der Waals surface area contributed by atoms with Crippen molar-refractivity contribution in [2.45, 2.75) is 279 Å². The van der Waals surface area contributed by atoms with E-state index in [1.807, 2.05) is 27.7 Å². The van der Waals surface area contributed by atoms with Crippen molar-refractivity contribution < 1.29 is 44.5 Å². The van der Waals surface area contributed by atoms with E-state index in [0.717, 1.165) is 123 Å². The van der Waals surface area contributed by atoms with E-state index in [0.29, 0.717) is 107 Å². The summed E-state index contributed by atoms with van der Waals surface area (Å²) in [5.74, 6) is 6.41. The van der Waals surface area contributed by atoms with E-state index >= 15 is 0 Å². The fourth-order valence-corrected chi connectivity index (χ4v) is 23.1. The summed E-state index contributed by atoms with van der Waals surface area (Å²) in [6, 6.07) is 2.84. The zero-order chi connectivity index (χ0) is 69.1. The van der Waals surface area contributed by atoms with Crippen molar-refractivity contribution >= 4 is 20.8 Å². The lowest BCUT2D eigenvalue weighted by Gasteiger charge is -2.62. The monoisotopic (exact) mass is 1370 g/mol. The molecule has 8 aliphatic carbocycles. The van der Waals surface area contributed by atoms with Gasteiger partial charge in [0, 0.05) is 18.2 Å². The zero-order valence-electron chi connectivity index (χ0n) is 60.7. The molecule has 13 N–H and O–H groups in total. The summed E-state index contributed by atoms with van der Waals surface area (Å²) < 4.78 is 74.3. The van der Waals surface area contributed by atoms with Crippen LogP contribution in [0.1, 0.15) is 243 Å². The van der Waals surface area contributed by atoms with Crippen molar-refractivity contribution in [1.82, 2.24) is 26.6 Å². The van der Waals surface area contributed by atoms with Gasteiger partial charge in [-0.3, -0.25) is 9.11 Å². The second-order valence-corrected chi connectivity index (χ2v) is 35.4. The number of hydrogen-bond donors (Lipinski definition) is 11. The summed E-state index contributed by atoms with van der Waals surface area (Å²) in [6.45, 7) is 35.8. The van der Waals surface area contributed by atoms with Gasteiger partial charge in [0.2, 0.25) is 0 Å².